The number of ketones is 1. The summed E-state index contributed by atoms with van der Waals surface area (Å²) in [5, 5.41) is 2.99. The SMILES string of the molecule is CC(=O)COc1cc(-c2ccc(OCc3cccc(C(=O)OC(=O)[C@@H]4CCCN4)c3)cc2)cc(F)c1F. The average molecular weight is 510 g/mol. The van der Waals surface area contributed by atoms with Gasteiger partial charge >= 0.3 is 11.9 Å². The molecular weight excluding hydrogens is 484 g/mol. The van der Waals surface area contributed by atoms with Gasteiger partial charge in [0.2, 0.25) is 5.82 Å². The van der Waals surface area contributed by atoms with Gasteiger partial charge in [-0.1, -0.05) is 24.3 Å². The highest BCUT2D eigenvalue weighted by atomic mass is 19.2. The lowest BCUT2D eigenvalue weighted by atomic mass is 10.0. The Morgan fingerprint density at radius 2 is 1.76 bits per heavy atom. The molecule has 0 radical (unpaired) electrons. The van der Waals surface area contributed by atoms with Crippen LogP contribution in [-0.4, -0.2) is 36.9 Å². The molecule has 7 nitrogen and oxygen atoms in total. The topological polar surface area (TPSA) is 90.9 Å². The van der Waals surface area contributed by atoms with E-state index in [1.54, 1.807) is 48.5 Å². The standard InChI is InChI=1S/C28H25F2NO6/c1-17(32)15-36-25-14-21(13-23(29)26(25)30)19-7-9-22(10-8-19)35-16-18-4-2-5-20(12-18)27(33)37-28(34)24-6-3-11-31-24/h2,4-5,7-10,12-14,24,31H,3,6,11,15-16H2,1H3/t24-/m0/s1. The van der Waals surface area contributed by atoms with Crippen LogP contribution >= 0.6 is 0 Å². The quantitative estimate of drug-likeness (QED) is 0.333. The molecule has 1 N–H and O–H groups in total. The number of rotatable bonds is 9. The van der Waals surface area contributed by atoms with Gasteiger partial charge in [-0.3, -0.25) is 4.79 Å². The van der Waals surface area contributed by atoms with Crippen LogP contribution < -0.4 is 14.8 Å². The molecule has 1 heterocycles. The normalized spacial score (nSPS) is 14.7. The van der Waals surface area contributed by atoms with E-state index >= 15 is 0 Å². The highest BCUT2D eigenvalue weighted by Crippen LogP contribution is 2.30. The van der Waals surface area contributed by atoms with Crippen molar-refractivity contribution < 1.29 is 37.4 Å². The molecule has 0 aromatic heterocycles. The fraction of sp³-hybridized carbons (Fsp3) is 0.250. The van der Waals surface area contributed by atoms with Gasteiger partial charge in [0, 0.05) is 0 Å². The van der Waals surface area contributed by atoms with E-state index in [1.165, 1.54) is 13.0 Å². The van der Waals surface area contributed by atoms with E-state index in [4.69, 9.17) is 14.2 Å². The highest BCUT2D eigenvalue weighted by molar-refractivity contribution is 5.98. The number of nitrogens with one attached hydrogen (secondary N) is 1. The van der Waals surface area contributed by atoms with Crippen molar-refractivity contribution in [2.45, 2.75) is 32.4 Å². The third kappa shape index (κ3) is 6.77. The molecule has 1 aliphatic rings. The van der Waals surface area contributed by atoms with Crippen molar-refractivity contribution in [1.29, 1.82) is 0 Å². The summed E-state index contributed by atoms with van der Waals surface area (Å²) in [5.74, 6) is -3.69. The molecule has 192 valence electrons. The largest absolute Gasteiger partial charge is 0.489 e. The summed E-state index contributed by atoms with van der Waals surface area (Å²) in [5.41, 5.74) is 1.89. The molecule has 1 fully saturated rings. The van der Waals surface area contributed by atoms with E-state index in [0.29, 0.717) is 28.9 Å². The van der Waals surface area contributed by atoms with Crippen LogP contribution in [0.25, 0.3) is 11.1 Å². The first kappa shape index (κ1) is 26.0. The van der Waals surface area contributed by atoms with Crippen molar-refractivity contribution >= 4 is 17.7 Å². The Bertz CT molecular complexity index is 1300. The third-order valence-corrected chi connectivity index (χ3v) is 5.72. The Morgan fingerprint density at radius 3 is 2.46 bits per heavy atom. The summed E-state index contributed by atoms with van der Waals surface area (Å²) in [4.78, 5) is 35.6. The maximum absolute atomic E-state index is 14.1. The zero-order valence-corrected chi connectivity index (χ0v) is 20.1. The zero-order valence-electron chi connectivity index (χ0n) is 20.1. The highest BCUT2D eigenvalue weighted by Gasteiger charge is 2.26. The van der Waals surface area contributed by atoms with Crippen LogP contribution in [0.4, 0.5) is 8.78 Å². The van der Waals surface area contributed by atoms with E-state index < -0.39 is 29.6 Å². The van der Waals surface area contributed by atoms with Gasteiger partial charge in [-0.2, -0.15) is 4.39 Å². The lowest BCUT2D eigenvalue weighted by Crippen LogP contribution is -2.33. The van der Waals surface area contributed by atoms with E-state index in [0.717, 1.165) is 19.0 Å². The number of benzene rings is 3. The van der Waals surface area contributed by atoms with Crippen LogP contribution in [0, 0.1) is 11.6 Å². The van der Waals surface area contributed by atoms with E-state index in [-0.39, 0.29) is 30.3 Å². The first-order valence-electron chi connectivity index (χ1n) is 11.7. The lowest BCUT2D eigenvalue weighted by Gasteiger charge is -2.11. The van der Waals surface area contributed by atoms with Crippen molar-refractivity contribution in [3.05, 3.63) is 83.4 Å². The number of hydrogen-bond donors (Lipinski definition) is 1. The predicted molar refractivity (Wildman–Crippen MR) is 130 cm³/mol. The number of hydrogen-bond acceptors (Lipinski definition) is 7. The van der Waals surface area contributed by atoms with Gasteiger partial charge in [-0.15, -0.1) is 0 Å². The fourth-order valence-corrected chi connectivity index (χ4v) is 3.82. The van der Waals surface area contributed by atoms with Gasteiger partial charge in [-0.25, -0.2) is 14.0 Å². The van der Waals surface area contributed by atoms with E-state index in [1.807, 2.05) is 0 Å². The number of esters is 2. The number of halogens is 2. The van der Waals surface area contributed by atoms with Crippen molar-refractivity contribution in [2.24, 2.45) is 0 Å². The van der Waals surface area contributed by atoms with Crippen LogP contribution in [0.15, 0.2) is 60.7 Å². The second kappa shape index (κ2) is 11.7. The van der Waals surface area contributed by atoms with Crippen LogP contribution in [-0.2, 0) is 20.9 Å². The molecule has 0 bridgehead atoms. The zero-order chi connectivity index (χ0) is 26.4. The van der Waals surface area contributed by atoms with Crippen LogP contribution in [0.5, 0.6) is 11.5 Å². The summed E-state index contributed by atoms with van der Waals surface area (Å²) >= 11 is 0. The first-order chi connectivity index (χ1) is 17.8. The van der Waals surface area contributed by atoms with E-state index in [9.17, 15) is 23.2 Å². The molecular formula is C28H25F2NO6. The Hall–Kier alpha value is -4.11. The Balaban J connectivity index is 1.38. The lowest BCUT2D eigenvalue weighted by molar-refractivity contribution is -0.140. The van der Waals surface area contributed by atoms with E-state index in [2.05, 4.69) is 5.32 Å². The minimum Gasteiger partial charge on any atom is -0.489 e. The first-order valence-corrected chi connectivity index (χ1v) is 11.7. The summed E-state index contributed by atoms with van der Waals surface area (Å²) in [7, 11) is 0. The summed E-state index contributed by atoms with van der Waals surface area (Å²) in [6.45, 7) is 1.79. The van der Waals surface area contributed by atoms with Gasteiger partial charge in [0.05, 0.1) is 5.56 Å². The monoisotopic (exact) mass is 509 g/mol. The molecule has 1 aliphatic heterocycles. The molecule has 0 unspecified atom stereocenters. The van der Waals surface area contributed by atoms with Gasteiger partial charge in [0.25, 0.3) is 0 Å². The van der Waals surface area contributed by atoms with Crippen molar-refractivity contribution in [3.63, 3.8) is 0 Å². The second-order valence-corrected chi connectivity index (χ2v) is 8.63. The number of ether oxygens (including phenoxy) is 3. The average Bonchev–Trinajstić information content (AvgIpc) is 3.44. The Morgan fingerprint density at radius 1 is 0.973 bits per heavy atom. The molecule has 3 aromatic carbocycles. The van der Waals surface area contributed by atoms with Gasteiger partial charge in [0.15, 0.2) is 17.3 Å². The molecule has 0 saturated carbocycles. The van der Waals surface area contributed by atoms with Crippen molar-refractivity contribution in [2.75, 3.05) is 13.2 Å². The number of carbonyl (C=O) groups excluding carboxylic acids is 3. The smallest absolute Gasteiger partial charge is 0.345 e. The molecule has 1 atom stereocenters. The van der Waals surface area contributed by atoms with Crippen LogP contribution in [0.1, 0.15) is 35.7 Å². The molecule has 0 amide bonds. The van der Waals surface area contributed by atoms with Gasteiger partial charge < -0.3 is 19.5 Å². The maximum Gasteiger partial charge on any atom is 0.345 e. The fourth-order valence-electron chi connectivity index (χ4n) is 3.82. The minimum atomic E-state index is -1.16. The summed E-state index contributed by atoms with van der Waals surface area (Å²) < 4.78 is 43.9. The number of Topliss-reactive ketones (excluding diaryl/α,β-unsaturated/α-hetero) is 1. The van der Waals surface area contributed by atoms with Crippen LogP contribution in [0.2, 0.25) is 0 Å². The molecule has 1 saturated heterocycles. The molecule has 37 heavy (non-hydrogen) atoms. The Kier molecular flexibility index (Phi) is 8.25. The van der Waals surface area contributed by atoms with Gasteiger partial charge in [0.1, 0.15) is 25.0 Å². The molecule has 4 rings (SSSR count). The summed E-state index contributed by atoms with van der Waals surface area (Å²) in [6.07, 6.45) is 1.50. The number of carbonyl (C=O) groups is 3. The predicted octanol–water partition coefficient (Wildman–Crippen LogP) is 4.61. The minimum absolute atomic E-state index is 0.146. The van der Waals surface area contributed by atoms with Crippen molar-refractivity contribution in [1.82, 2.24) is 5.32 Å². The summed E-state index contributed by atoms with van der Waals surface area (Å²) in [6, 6.07) is 15.2. The van der Waals surface area contributed by atoms with Crippen molar-refractivity contribution in [3.8, 4) is 22.6 Å². The molecule has 0 aliphatic carbocycles. The molecule has 9 heteroatoms. The van der Waals surface area contributed by atoms with Gasteiger partial charge in [-0.05, 0) is 79.4 Å². The second-order valence-electron chi connectivity index (χ2n) is 8.63. The molecule has 0 spiro atoms. The Labute approximate surface area is 212 Å². The van der Waals surface area contributed by atoms with Crippen LogP contribution in [0.3, 0.4) is 0 Å². The third-order valence-electron chi connectivity index (χ3n) is 5.72. The maximum atomic E-state index is 14.1. The molecule has 3 aromatic rings.